The van der Waals surface area contributed by atoms with Gasteiger partial charge in [0.1, 0.15) is 18.0 Å². The monoisotopic (exact) mass is 453 g/mol. The molecule has 1 aromatic heterocycles. The average Bonchev–Trinajstić information content (AvgIpc) is 3.10. The SMILES string of the molecule is C=CCN(CC(=O)N1CCCN(c2ccc(-c3ccc(OC)cc3OC)nn2)CC1)C(C)=O. The van der Waals surface area contributed by atoms with Crippen molar-refractivity contribution in [1.29, 1.82) is 0 Å². The summed E-state index contributed by atoms with van der Waals surface area (Å²) in [6.07, 6.45) is 2.44. The summed E-state index contributed by atoms with van der Waals surface area (Å²) < 4.78 is 10.7. The van der Waals surface area contributed by atoms with E-state index in [1.165, 1.54) is 11.8 Å². The number of carbonyl (C=O) groups excluding carboxylic acids is 2. The highest BCUT2D eigenvalue weighted by molar-refractivity contribution is 5.84. The summed E-state index contributed by atoms with van der Waals surface area (Å²) in [6.45, 7) is 8.17. The van der Waals surface area contributed by atoms with E-state index in [4.69, 9.17) is 9.47 Å². The summed E-state index contributed by atoms with van der Waals surface area (Å²) in [5.41, 5.74) is 1.54. The van der Waals surface area contributed by atoms with E-state index in [0.29, 0.717) is 43.4 Å². The molecular formula is C24H31N5O4. The lowest BCUT2D eigenvalue weighted by atomic mass is 10.1. The van der Waals surface area contributed by atoms with Crippen molar-refractivity contribution < 1.29 is 19.1 Å². The molecule has 176 valence electrons. The minimum atomic E-state index is -0.136. The fraction of sp³-hybridized carbons (Fsp3) is 0.417. The van der Waals surface area contributed by atoms with E-state index in [0.717, 1.165) is 24.3 Å². The molecule has 0 aliphatic carbocycles. The second-order valence-electron chi connectivity index (χ2n) is 7.75. The van der Waals surface area contributed by atoms with E-state index in [1.54, 1.807) is 20.3 Å². The molecule has 0 bridgehead atoms. The van der Waals surface area contributed by atoms with E-state index >= 15 is 0 Å². The van der Waals surface area contributed by atoms with Gasteiger partial charge in [-0.15, -0.1) is 16.8 Å². The lowest BCUT2D eigenvalue weighted by Crippen LogP contribution is -2.43. The topological polar surface area (TPSA) is 88.1 Å². The molecule has 0 saturated carbocycles. The van der Waals surface area contributed by atoms with Crippen LogP contribution in [0.2, 0.25) is 0 Å². The van der Waals surface area contributed by atoms with Gasteiger partial charge < -0.3 is 24.2 Å². The lowest BCUT2D eigenvalue weighted by molar-refractivity contribution is -0.138. The smallest absolute Gasteiger partial charge is 0.242 e. The lowest BCUT2D eigenvalue weighted by Gasteiger charge is -2.25. The summed E-state index contributed by atoms with van der Waals surface area (Å²) in [7, 11) is 3.22. The number of aromatic nitrogens is 2. The van der Waals surface area contributed by atoms with Crippen LogP contribution in [0.1, 0.15) is 13.3 Å². The van der Waals surface area contributed by atoms with E-state index in [1.807, 2.05) is 35.2 Å². The van der Waals surface area contributed by atoms with Crippen LogP contribution in [-0.2, 0) is 9.59 Å². The number of amides is 2. The summed E-state index contributed by atoms with van der Waals surface area (Å²) in [6, 6.07) is 9.42. The maximum atomic E-state index is 12.7. The van der Waals surface area contributed by atoms with Crippen molar-refractivity contribution in [2.45, 2.75) is 13.3 Å². The third kappa shape index (κ3) is 6.00. The number of methoxy groups -OCH3 is 2. The van der Waals surface area contributed by atoms with Gasteiger partial charge in [-0.2, -0.15) is 0 Å². The number of hydrogen-bond acceptors (Lipinski definition) is 7. The molecule has 0 atom stereocenters. The number of ether oxygens (including phenoxy) is 2. The minimum Gasteiger partial charge on any atom is -0.497 e. The first-order valence-corrected chi connectivity index (χ1v) is 10.9. The molecule has 0 spiro atoms. The molecule has 9 nitrogen and oxygen atoms in total. The number of anilines is 1. The van der Waals surface area contributed by atoms with Crippen molar-refractivity contribution >= 4 is 17.6 Å². The summed E-state index contributed by atoms with van der Waals surface area (Å²) in [5, 5.41) is 8.83. The van der Waals surface area contributed by atoms with Gasteiger partial charge in [-0.3, -0.25) is 9.59 Å². The van der Waals surface area contributed by atoms with Crippen LogP contribution in [0.25, 0.3) is 11.3 Å². The van der Waals surface area contributed by atoms with Crippen molar-refractivity contribution in [2.75, 3.05) is 58.4 Å². The molecule has 1 aliphatic heterocycles. The van der Waals surface area contributed by atoms with Crippen LogP contribution in [0, 0.1) is 0 Å². The highest BCUT2D eigenvalue weighted by Gasteiger charge is 2.22. The van der Waals surface area contributed by atoms with Crippen molar-refractivity contribution in [3.63, 3.8) is 0 Å². The number of rotatable bonds is 8. The Morgan fingerprint density at radius 2 is 1.91 bits per heavy atom. The third-order valence-corrected chi connectivity index (χ3v) is 5.63. The van der Waals surface area contributed by atoms with E-state index in [-0.39, 0.29) is 18.4 Å². The third-order valence-electron chi connectivity index (χ3n) is 5.63. The largest absolute Gasteiger partial charge is 0.497 e. The van der Waals surface area contributed by atoms with Crippen LogP contribution in [0.15, 0.2) is 43.0 Å². The number of benzene rings is 1. The molecule has 0 unspecified atom stereocenters. The first-order chi connectivity index (χ1) is 16.0. The molecule has 1 aliphatic rings. The molecule has 9 heteroatoms. The van der Waals surface area contributed by atoms with Crippen molar-refractivity contribution in [2.24, 2.45) is 0 Å². The molecular weight excluding hydrogens is 422 g/mol. The Labute approximate surface area is 194 Å². The first-order valence-electron chi connectivity index (χ1n) is 10.9. The second-order valence-corrected chi connectivity index (χ2v) is 7.75. The zero-order valence-electron chi connectivity index (χ0n) is 19.5. The molecule has 0 N–H and O–H groups in total. The number of hydrogen-bond donors (Lipinski definition) is 0. The Kier molecular flexibility index (Phi) is 8.23. The van der Waals surface area contributed by atoms with Crippen molar-refractivity contribution in [3.8, 4) is 22.8 Å². The molecule has 1 saturated heterocycles. The van der Waals surface area contributed by atoms with E-state index in [2.05, 4.69) is 21.7 Å². The Balaban J connectivity index is 1.65. The minimum absolute atomic E-state index is 0.0538. The maximum Gasteiger partial charge on any atom is 0.242 e. The Morgan fingerprint density at radius 3 is 2.55 bits per heavy atom. The van der Waals surface area contributed by atoms with Gasteiger partial charge in [0.2, 0.25) is 11.8 Å². The predicted octanol–water partition coefficient (Wildman–Crippen LogP) is 2.23. The predicted molar refractivity (Wildman–Crippen MR) is 126 cm³/mol. The standard InChI is InChI=1S/C24H31N5O4/c1-5-11-29(18(2)30)17-24(31)28-13-6-12-27(14-15-28)23-10-9-21(25-26-23)20-8-7-19(32-3)16-22(20)33-4/h5,7-10,16H,1,6,11-15,17H2,2-4H3. The Bertz CT molecular complexity index is 979. The molecule has 1 aromatic carbocycles. The first kappa shape index (κ1) is 24.0. The van der Waals surface area contributed by atoms with Crippen LogP contribution >= 0.6 is 0 Å². The van der Waals surface area contributed by atoms with Crippen LogP contribution < -0.4 is 14.4 Å². The fourth-order valence-corrected chi connectivity index (χ4v) is 3.77. The van der Waals surface area contributed by atoms with Gasteiger partial charge in [0.25, 0.3) is 0 Å². The quantitative estimate of drug-likeness (QED) is 0.567. The molecule has 3 rings (SSSR count). The molecule has 0 radical (unpaired) electrons. The molecule has 2 heterocycles. The van der Waals surface area contributed by atoms with Crippen molar-refractivity contribution in [1.82, 2.24) is 20.0 Å². The molecule has 2 amide bonds. The van der Waals surface area contributed by atoms with Gasteiger partial charge in [-0.1, -0.05) is 6.08 Å². The van der Waals surface area contributed by atoms with Crippen LogP contribution in [0.5, 0.6) is 11.5 Å². The normalized spacial score (nSPS) is 13.8. The van der Waals surface area contributed by atoms with Gasteiger partial charge in [0, 0.05) is 51.3 Å². The Morgan fingerprint density at radius 1 is 1.09 bits per heavy atom. The van der Waals surface area contributed by atoms with Gasteiger partial charge in [0.05, 0.1) is 19.9 Å². The van der Waals surface area contributed by atoms with E-state index in [9.17, 15) is 9.59 Å². The summed E-state index contributed by atoms with van der Waals surface area (Å²) in [5.74, 6) is 1.94. The zero-order chi connectivity index (χ0) is 23.8. The Hall–Kier alpha value is -3.62. The molecule has 33 heavy (non-hydrogen) atoms. The highest BCUT2D eigenvalue weighted by Crippen LogP contribution is 2.32. The van der Waals surface area contributed by atoms with Crippen LogP contribution in [-0.4, -0.2) is 85.3 Å². The van der Waals surface area contributed by atoms with Gasteiger partial charge in [-0.25, -0.2) is 0 Å². The molecule has 1 fully saturated rings. The highest BCUT2D eigenvalue weighted by atomic mass is 16.5. The van der Waals surface area contributed by atoms with Crippen LogP contribution in [0.3, 0.4) is 0 Å². The summed E-state index contributed by atoms with van der Waals surface area (Å²) >= 11 is 0. The van der Waals surface area contributed by atoms with Gasteiger partial charge in [-0.05, 0) is 30.7 Å². The molecule has 2 aromatic rings. The average molecular weight is 454 g/mol. The number of carbonyl (C=O) groups is 2. The maximum absolute atomic E-state index is 12.7. The van der Waals surface area contributed by atoms with Crippen molar-refractivity contribution in [3.05, 3.63) is 43.0 Å². The second kappa shape index (κ2) is 11.3. The number of nitrogens with zero attached hydrogens (tertiary/aromatic N) is 5. The van der Waals surface area contributed by atoms with E-state index < -0.39 is 0 Å². The van der Waals surface area contributed by atoms with Crippen LogP contribution in [0.4, 0.5) is 5.82 Å². The van der Waals surface area contributed by atoms with Gasteiger partial charge in [0.15, 0.2) is 5.82 Å². The summed E-state index contributed by atoms with van der Waals surface area (Å²) in [4.78, 5) is 29.9. The zero-order valence-corrected chi connectivity index (χ0v) is 19.5. The fourth-order valence-electron chi connectivity index (χ4n) is 3.77. The van der Waals surface area contributed by atoms with Gasteiger partial charge >= 0.3 is 0 Å².